The van der Waals surface area contributed by atoms with Gasteiger partial charge in [0.1, 0.15) is 11.6 Å². The molecule has 5 heteroatoms. The Labute approximate surface area is 133 Å². The van der Waals surface area contributed by atoms with Crippen molar-refractivity contribution in [3.8, 4) is 23.0 Å². The van der Waals surface area contributed by atoms with Crippen LogP contribution in [-0.2, 0) is 6.54 Å². The number of benzene rings is 2. The van der Waals surface area contributed by atoms with Crippen LogP contribution in [0.1, 0.15) is 5.56 Å². The number of hydrogen-bond acceptors (Lipinski definition) is 4. The van der Waals surface area contributed by atoms with Crippen molar-refractivity contribution in [3.05, 3.63) is 76.6 Å². The molecule has 2 aromatic carbocycles. The second-order valence-corrected chi connectivity index (χ2v) is 5.08. The van der Waals surface area contributed by atoms with Crippen LogP contribution < -0.4 is 10.3 Å². The van der Waals surface area contributed by atoms with Crippen LogP contribution in [0.2, 0.25) is 0 Å². The van der Waals surface area contributed by atoms with E-state index in [2.05, 4.69) is 4.98 Å². The van der Waals surface area contributed by atoms with Crippen molar-refractivity contribution in [2.24, 2.45) is 0 Å². The van der Waals surface area contributed by atoms with Crippen LogP contribution in [0.3, 0.4) is 0 Å². The highest BCUT2D eigenvalue weighted by Crippen LogP contribution is 2.22. The van der Waals surface area contributed by atoms with E-state index in [-0.39, 0.29) is 11.4 Å². The van der Waals surface area contributed by atoms with Gasteiger partial charge in [-0.25, -0.2) is 0 Å². The van der Waals surface area contributed by atoms with Crippen LogP contribution in [0.25, 0.3) is 11.4 Å². The Hall–Kier alpha value is -3.08. The molecule has 0 aliphatic carbocycles. The molecule has 0 aliphatic heterocycles. The molecule has 116 valence electrons. The van der Waals surface area contributed by atoms with E-state index in [1.807, 2.05) is 42.5 Å². The molecule has 5 nitrogen and oxygen atoms in total. The maximum atomic E-state index is 12.3. The van der Waals surface area contributed by atoms with E-state index < -0.39 is 0 Å². The fourth-order valence-electron chi connectivity index (χ4n) is 2.37. The van der Waals surface area contributed by atoms with Crippen LogP contribution in [-0.4, -0.2) is 21.8 Å². The molecule has 1 N–H and O–H groups in total. The molecule has 0 fully saturated rings. The Morgan fingerprint density at radius 3 is 2.43 bits per heavy atom. The number of aromatic hydroxyl groups is 1. The number of rotatable bonds is 4. The Bertz CT molecular complexity index is 856. The van der Waals surface area contributed by atoms with E-state index >= 15 is 0 Å². The third-order valence-corrected chi connectivity index (χ3v) is 3.53. The fourth-order valence-corrected chi connectivity index (χ4v) is 2.37. The first kappa shape index (κ1) is 14.8. The molecule has 0 unspecified atom stereocenters. The van der Waals surface area contributed by atoms with Gasteiger partial charge < -0.3 is 9.84 Å². The summed E-state index contributed by atoms with van der Waals surface area (Å²) in [6, 6.07) is 18.0. The molecule has 3 rings (SSSR count). The quantitative estimate of drug-likeness (QED) is 0.805. The number of hydrogen-bond donors (Lipinski definition) is 1. The lowest BCUT2D eigenvalue weighted by atomic mass is 10.1. The maximum Gasteiger partial charge on any atom is 0.257 e. The normalized spacial score (nSPS) is 10.5. The zero-order valence-corrected chi connectivity index (χ0v) is 12.6. The largest absolute Gasteiger partial charge is 0.497 e. The summed E-state index contributed by atoms with van der Waals surface area (Å²) in [6.45, 7) is 0.383. The van der Waals surface area contributed by atoms with Crippen molar-refractivity contribution >= 4 is 0 Å². The molecule has 1 heterocycles. The van der Waals surface area contributed by atoms with Gasteiger partial charge >= 0.3 is 0 Å². The van der Waals surface area contributed by atoms with Crippen molar-refractivity contribution in [2.45, 2.75) is 6.54 Å². The minimum absolute atomic E-state index is 0.287. The van der Waals surface area contributed by atoms with E-state index in [0.29, 0.717) is 18.1 Å². The number of methoxy groups -OCH3 is 1. The van der Waals surface area contributed by atoms with Gasteiger partial charge in [0.25, 0.3) is 5.56 Å². The summed E-state index contributed by atoms with van der Waals surface area (Å²) in [6.07, 6.45) is 0. The van der Waals surface area contributed by atoms with E-state index in [1.54, 1.807) is 19.2 Å². The van der Waals surface area contributed by atoms with Gasteiger partial charge in [-0.1, -0.05) is 30.3 Å². The van der Waals surface area contributed by atoms with Gasteiger partial charge in [0.2, 0.25) is 5.88 Å². The zero-order valence-electron chi connectivity index (χ0n) is 12.6. The first-order valence-corrected chi connectivity index (χ1v) is 7.16. The summed E-state index contributed by atoms with van der Waals surface area (Å²) in [5, 5.41) is 9.70. The lowest BCUT2D eigenvalue weighted by Gasteiger charge is -2.13. The summed E-state index contributed by atoms with van der Waals surface area (Å²) < 4.78 is 6.68. The first-order chi connectivity index (χ1) is 11.2. The van der Waals surface area contributed by atoms with Crippen molar-refractivity contribution in [1.29, 1.82) is 0 Å². The minimum Gasteiger partial charge on any atom is -0.497 e. The lowest BCUT2D eigenvalue weighted by molar-refractivity contribution is 0.415. The summed E-state index contributed by atoms with van der Waals surface area (Å²) in [5.41, 5.74) is 1.42. The molecule has 0 spiro atoms. The molecular weight excluding hydrogens is 292 g/mol. The number of aromatic nitrogens is 2. The number of nitrogens with zero attached hydrogens (tertiary/aromatic N) is 2. The molecular formula is C18H16N2O3. The first-order valence-electron chi connectivity index (χ1n) is 7.16. The fraction of sp³-hybridized carbons (Fsp3) is 0.111. The van der Waals surface area contributed by atoms with E-state index in [0.717, 1.165) is 17.2 Å². The molecule has 0 amide bonds. The van der Waals surface area contributed by atoms with Crippen molar-refractivity contribution < 1.29 is 9.84 Å². The molecule has 1 aromatic heterocycles. The summed E-state index contributed by atoms with van der Waals surface area (Å²) in [5.74, 6) is 0.845. The Morgan fingerprint density at radius 1 is 1.09 bits per heavy atom. The predicted octanol–water partition coefficient (Wildman–Crippen LogP) is 2.67. The highest BCUT2D eigenvalue weighted by molar-refractivity contribution is 5.57. The lowest BCUT2D eigenvalue weighted by Crippen LogP contribution is -2.22. The predicted molar refractivity (Wildman–Crippen MR) is 87.7 cm³/mol. The Kier molecular flexibility index (Phi) is 4.10. The van der Waals surface area contributed by atoms with Crippen molar-refractivity contribution in [2.75, 3.05) is 7.11 Å². The van der Waals surface area contributed by atoms with Gasteiger partial charge in [-0.2, -0.15) is 4.98 Å². The maximum absolute atomic E-state index is 12.3. The molecule has 0 atom stereocenters. The van der Waals surface area contributed by atoms with Gasteiger partial charge in [0.15, 0.2) is 0 Å². The summed E-state index contributed by atoms with van der Waals surface area (Å²) >= 11 is 0. The molecule has 23 heavy (non-hydrogen) atoms. The molecule has 0 bridgehead atoms. The van der Waals surface area contributed by atoms with E-state index in [1.165, 1.54) is 4.57 Å². The van der Waals surface area contributed by atoms with Crippen molar-refractivity contribution in [1.82, 2.24) is 9.55 Å². The van der Waals surface area contributed by atoms with Crippen LogP contribution >= 0.6 is 0 Å². The number of ether oxygens (including phenoxy) is 1. The van der Waals surface area contributed by atoms with Gasteiger partial charge in [-0.05, 0) is 29.8 Å². The Balaban J connectivity index is 2.09. The topological polar surface area (TPSA) is 64.3 Å². The zero-order chi connectivity index (χ0) is 16.2. The third-order valence-electron chi connectivity index (χ3n) is 3.53. The van der Waals surface area contributed by atoms with Crippen molar-refractivity contribution in [3.63, 3.8) is 0 Å². The van der Waals surface area contributed by atoms with Crippen LogP contribution in [0.4, 0.5) is 0 Å². The smallest absolute Gasteiger partial charge is 0.257 e. The summed E-state index contributed by atoms with van der Waals surface area (Å²) in [4.78, 5) is 16.4. The second kappa shape index (κ2) is 6.36. The van der Waals surface area contributed by atoms with Gasteiger partial charge in [-0.3, -0.25) is 9.36 Å². The van der Waals surface area contributed by atoms with E-state index in [4.69, 9.17) is 4.74 Å². The molecule has 0 radical (unpaired) electrons. The average Bonchev–Trinajstić information content (AvgIpc) is 2.58. The van der Waals surface area contributed by atoms with Gasteiger partial charge in [-0.15, -0.1) is 0 Å². The average molecular weight is 308 g/mol. The summed E-state index contributed by atoms with van der Waals surface area (Å²) in [7, 11) is 1.59. The highest BCUT2D eigenvalue weighted by Gasteiger charge is 2.11. The molecule has 0 aliphatic rings. The highest BCUT2D eigenvalue weighted by atomic mass is 16.5. The second-order valence-electron chi connectivity index (χ2n) is 5.08. The third kappa shape index (κ3) is 3.23. The van der Waals surface area contributed by atoms with Crippen LogP contribution in [0.5, 0.6) is 11.6 Å². The van der Waals surface area contributed by atoms with Gasteiger partial charge in [0.05, 0.1) is 19.7 Å². The van der Waals surface area contributed by atoms with Crippen LogP contribution in [0, 0.1) is 0 Å². The Morgan fingerprint density at radius 2 is 1.78 bits per heavy atom. The van der Waals surface area contributed by atoms with Crippen LogP contribution in [0.15, 0.2) is 65.5 Å². The SMILES string of the molecule is COc1ccc(-c2nc(O)cc(=O)n2Cc2ccccc2)cc1. The minimum atomic E-state index is -0.299. The molecule has 3 aromatic rings. The standard InChI is InChI=1S/C18H16N2O3/c1-23-15-9-7-14(8-10-15)18-19-16(21)11-17(22)20(18)12-13-5-3-2-4-6-13/h2-11,21H,12H2,1H3. The van der Waals surface area contributed by atoms with E-state index in [9.17, 15) is 9.90 Å². The molecule has 0 saturated heterocycles. The monoisotopic (exact) mass is 308 g/mol. The van der Waals surface area contributed by atoms with Gasteiger partial charge in [0, 0.05) is 5.56 Å². The molecule has 0 saturated carbocycles.